The van der Waals surface area contributed by atoms with Gasteiger partial charge in [-0.3, -0.25) is 0 Å². The Balaban J connectivity index is 4.31. The SMILES string of the molecule is C=CC(O)C/C(=C/C)[Si](C)(C)C. The van der Waals surface area contributed by atoms with E-state index in [0.29, 0.717) is 0 Å². The fraction of sp³-hybridized carbons (Fsp3) is 0.600. The number of rotatable bonds is 4. The number of hydrogen-bond acceptors (Lipinski definition) is 1. The highest BCUT2D eigenvalue weighted by Gasteiger charge is 2.19. The Morgan fingerprint density at radius 2 is 2.00 bits per heavy atom. The Morgan fingerprint density at radius 3 is 2.25 bits per heavy atom. The first-order chi connectivity index (χ1) is 5.41. The second-order valence-corrected chi connectivity index (χ2v) is 9.21. The second kappa shape index (κ2) is 4.63. The van der Waals surface area contributed by atoms with Gasteiger partial charge in [0.2, 0.25) is 0 Å². The number of aliphatic hydroxyl groups excluding tert-OH is 1. The molecule has 0 aromatic carbocycles. The molecule has 0 aromatic rings. The minimum atomic E-state index is -1.21. The molecule has 0 saturated carbocycles. The molecule has 70 valence electrons. The van der Waals surface area contributed by atoms with E-state index in [-0.39, 0.29) is 6.10 Å². The van der Waals surface area contributed by atoms with Crippen molar-refractivity contribution in [2.24, 2.45) is 0 Å². The van der Waals surface area contributed by atoms with Gasteiger partial charge >= 0.3 is 0 Å². The first-order valence-corrected chi connectivity index (χ1v) is 7.88. The van der Waals surface area contributed by atoms with Gasteiger partial charge in [-0.1, -0.05) is 37.0 Å². The third-order valence-electron chi connectivity index (χ3n) is 2.01. The third-order valence-corrected chi connectivity index (χ3v) is 4.43. The molecule has 0 aliphatic heterocycles. The van der Waals surface area contributed by atoms with E-state index in [0.717, 1.165) is 6.42 Å². The standard InChI is InChI=1S/C10H20OSi/c1-6-9(11)8-10(7-2)12(3,4)5/h6-7,9,11H,1,8H2,2-5H3/b10-7-. The average molecular weight is 184 g/mol. The molecule has 0 radical (unpaired) electrons. The summed E-state index contributed by atoms with van der Waals surface area (Å²) in [6.45, 7) is 12.5. The highest BCUT2D eigenvalue weighted by Crippen LogP contribution is 2.19. The Morgan fingerprint density at radius 1 is 1.50 bits per heavy atom. The quantitative estimate of drug-likeness (QED) is 0.526. The van der Waals surface area contributed by atoms with E-state index in [1.165, 1.54) is 5.20 Å². The fourth-order valence-corrected chi connectivity index (χ4v) is 2.85. The largest absolute Gasteiger partial charge is 0.389 e. The van der Waals surface area contributed by atoms with Crippen LogP contribution in [0.3, 0.4) is 0 Å². The summed E-state index contributed by atoms with van der Waals surface area (Å²) >= 11 is 0. The Hall–Kier alpha value is -0.343. The molecule has 2 heteroatoms. The molecule has 0 heterocycles. The number of aliphatic hydroxyl groups is 1. The van der Waals surface area contributed by atoms with Crippen molar-refractivity contribution in [3.8, 4) is 0 Å². The van der Waals surface area contributed by atoms with Crippen LogP contribution >= 0.6 is 0 Å². The summed E-state index contributed by atoms with van der Waals surface area (Å²) in [5.41, 5.74) is 0. The molecule has 0 spiro atoms. The topological polar surface area (TPSA) is 20.2 Å². The Labute approximate surface area is 76.8 Å². The summed E-state index contributed by atoms with van der Waals surface area (Å²) in [4.78, 5) is 0. The van der Waals surface area contributed by atoms with Crippen molar-refractivity contribution in [3.05, 3.63) is 23.9 Å². The van der Waals surface area contributed by atoms with E-state index in [1.54, 1.807) is 6.08 Å². The molecule has 0 amide bonds. The maximum absolute atomic E-state index is 9.39. The van der Waals surface area contributed by atoms with Crippen LogP contribution in [-0.4, -0.2) is 19.3 Å². The van der Waals surface area contributed by atoms with E-state index < -0.39 is 8.07 Å². The van der Waals surface area contributed by atoms with Gasteiger partial charge in [0.1, 0.15) is 0 Å². The first kappa shape index (κ1) is 11.7. The van der Waals surface area contributed by atoms with E-state index >= 15 is 0 Å². The van der Waals surface area contributed by atoms with Gasteiger partial charge in [-0.2, -0.15) is 0 Å². The molecule has 0 aromatic heterocycles. The number of allylic oxidation sites excluding steroid dienone is 1. The fourth-order valence-electron chi connectivity index (χ4n) is 1.17. The van der Waals surface area contributed by atoms with Crippen molar-refractivity contribution < 1.29 is 5.11 Å². The zero-order chi connectivity index (χ0) is 9.78. The molecule has 1 atom stereocenters. The second-order valence-electron chi connectivity index (χ2n) is 4.07. The van der Waals surface area contributed by atoms with Gasteiger partial charge < -0.3 is 5.11 Å². The van der Waals surface area contributed by atoms with Crippen LogP contribution in [0.2, 0.25) is 19.6 Å². The summed E-state index contributed by atoms with van der Waals surface area (Å²) in [7, 11) is -1.21. The number of hydrogen-bond donors (Lipinski definition) is 1. The molecule has 1 unspecified atom stereocenters. The van der Waals surface area contributed by atoms with Crippen molar-refractivity contribution in [3.63, 3.8) is 0 Å². The summed E-state index contributed by atoms with van der Waals surface area (Å²) < 4.78 is 0. The van der Waals surface area contributed by atoms with Crippen LogP contribution in [0.25, 0.3) is 0 Å². The molecular weight excluding hydrogens is 164 g/mol. The molecular formula is C10H20OSi. The van der Waals surface area contributed by atoms with E-state index in [9.17, 15) is 5.11 Å². The monoisotopic (exact) mass is 184 g/mol. The molecule has 1 N–H and O–H groups in total. The van der Waals surface area contributed by atoms with Gasteiger partial charge in [0.15, 0.2) is 0 Å². The maximum atomic E-state index is 9.39. The molecule has 0 fully saturated rings. The molecule has 0 aliphatic carbocycles. The Bertz CT molecular complexity index is 177. The first-order valence-electron chi connectivity index (χ1n) is 4.38. The zero-order valence-electron chi connectivity index (χ0n) is 8.59. The lowest BCUT2D eigenvalue weighted by Gasteiger charge is -2.22. The van der Waals surface area contributed by atoms with Gasteiger partial charge in [0.25, 0.3) is 0 Å². The van der Waals surface area contributed by atoms with Crippen LogP contribution < -0.4 is 0 Å². The summed E-state index contributed by atoms with van der Waals surface area (Å²) in [5.74, 6) is 0. The predicted molar refractivity (Wildman–Crippen MR) is 57.9 cm³/mol. The lowest BCUT2D eigenvalue weighted by Crippen LogP contribution is -2.26. The minimum Gasteiger partial charge on any atom is -0.389 e. The molecule has 0 saturated heterocycles. The van der Waals surface area contributed by atoms with E-state index in [1.807, 2.05) is 6.92 Å². The Kier molecular flexibility index (Phi) is 4.49. The van der Waals surface area contributed by atoms with Gasteiger partial charge in [-0.15, -0.1) is 6.58 Å². The van der Waals surface area contributed by atoms with E-state index in [4.69, 9.17) is 0 Å². The van der Waals surface area contributed by atoms with Crippen molar-refractivity contribution >= 4 is 8.07 Å². The lowest BCUT2D eigenvalue weighted by molar-refractivity contribution is 0.225. The summed E-state index contributed by atoms with van der Waals surface area (Å²) in [6, 6.07) is 0. The average Bonchev–Trinajstić information content (AvgIpc) is 1.97. The predicted octanol–water partition coefficient (Wildman–Crippen LogP) is 2.75. The smallest absolute Gasteiger partial charge is 0.0751 e. The molecule has 12 heavy (non-hydrogen) atoms. The van der Waals surface area contributed by atoms with Crippen LogP contribution in [0.5, 0.6) is 0 Å². The van der Waals surface area contributed by atoms with Crippen LogP contribution in [0.4, 0.5) is 0 Å². The summed E-state index contributed by atoms with van der Waals surface area (Å²) in [5, 5.41) is 10.8. The van der Waals surface area contributed by atoms with E-state index in [2.05, 4.69) is 32.3 Å². The van der Waals surface area contributed by atoms with Gasteiger partial charge in [0.05, 0.1) is 14.2 Å². The minimum absolute atomic E-state index is 0.372. The van der Waals surface area contributed by atoms with Crippen molar-refractivity contribution in [1.29, 1.82) is 0 Å². The summed E-state index contributed by atoms with van der Waals surface area (Å²) in [6.07, 6.45) is 4.13. The molecule has 1 nitrogen and oxygen atoms in total. The van der Waals surface area contributed by atoms with Crippen LogP contribution in [0.15, 0.2) is 23.9 Å². The van der Waals surface area contributed by atoms with Crippen LogP contribution in [0.1, 0.15) is 13.3 Å². The van der Waals surface area contributed by atoms with Gasteiger partial charge in [-0.25, -0.2) is 0 Å². The third kappa shape index (κ3) is 3.88. The van der Waals surface area contributed by atoms with Crippen LogP contribution in [0, 0.1) is 0 Å². The van der Waals surface area contributed by atoms with Crippen molar-refractivity contribution in [2.45, 2.75) is 39.1 Å². The zero-order valence-corrected chi connectivity index (χ0v) is 9.59. The molecule has 0 aliphatic rings. The van der Waals surface area contributed by atoms with Gasteiger partial charge in [-0.05, 0) is 13.3 Å². The highest BCUT2D eigenvalue weighted by atomic mass is 28.3. The normalized spacial score (nSPS) is 15.9. The molecule has 0 bridgehead atoms. The highest BCUT2D eigenvalue weighted by molar-refractivity contribution is 6.83. The van der Waals surface area contributed by atoms with Gasteiger partial charge in [0, 0.05) is 0 Å². The molecule has 0 rings (SSSR count). The maximum Gasteiger partial charge on any atom is 0.0751 e. The van der Waals surface area contributed by atoms with Crippen LogP contribution in [-0.2, 0) is 0 Å². The van der Waals surface area contributed by atoms with Crippen molar-refractivity contribution in [1.82, 2.24) is 0 Å². The lowest BCUT2D eigenvalue weighted by atomic mass is 10.2. The van der Waals surface area contributed by atoms with Crippen molar-refractivity contribution in [2.75, 3.05) is 0 Å².